The Balaban J connectivity index is 1.91. The molecule has 3 aromatic rings. The van der Waals surface area contributed by atoms with E-state index in [1.165, 1.54) is 12.1 Å². The summed E-state index contributed by atoms with van der Waals surface area (Å²) in [6, 6.07) is 13.2. The molecule has 0 spiro atoms. The van der Waals surface area contributed by atoms with Crippen molar-refractivity contribution in [2.24, 2.45) is 5.73 Å². The summed E-state index contributed by atoms with van der Waals surface area (Å²) in [6.45, 7) is 0.452. The third-order valence-electron chi connectivity index (χ3n) is 3.90. The molecule has 0 bridgehead atoms. The average molecular weight is 339 g/mol. The molecule has 3 N–H and O–H groups in total. The van der Waals surface area contributed by atoms with Crippen molar-refractivity contribution in [2.75, 3.05) is 0 Å². The molecule has 5 nitrogen and oxygen atoms in total. The summed E-state index contributed by atoms with van der Waals surface area (Å²) in [5.41, 5.74) is 8.40. The van der Waals surface area contributed by atoms with E-state index in [9.17, 15) is 14.3 Å². The highest BCUT2D eigenvalue weighted by atomic mass is 19.1. The number of primary amides is 1. The van der Waals surface area contributed by atoms with Gasteiger partial charge in [-0.15, -0.1) is 0 Å². The molecule has 1 amide bonds. The van der Waals surface area contributed by atoms with Crippen LogP contribution in [-0.4, -0.2) is 20.6 Å². The van der Waals surface area contributed by atoms with E-state index >= 15 is 0 Å². The fraction of sp³-hybridized carbons (Fsp3) is 0.158. The largest absolute Gasteiger partial charge is 0.508 e. The number of hydrogen-bond acceptors (Lipinski definition) is 3. The number of carbonyl (C=O) groups excluding carboxylic acids is 1. The zero-order valence-corrected chi connectivity index (χ0v) is 13.5. The average Bonchev–Trinajstić information content (AvgIpc) is 2.89. The molecule has 0 aliphatic carbocycles. The van der Waals surface area contributed by atoms with Gasteiger partial charge in [-0.2, -0.15) is 0 Å². The fourth-order valence-corrected chi connectivity index (χ4v) is 2.79. The van der Waals surface area contributed by atoms with E-state index in [1.54, 1.807) is 30.6 Å². The monoisotopic (exact) mass is 339 g/mol. The zero-order valence-electron chi connectivity index (χ0n) is 13.5. The molecule has 128 valence electrons. The maximum absolute atomic E-state index is 13.4. The van der Waals surface area contributed by atoms with Crippen LogP contribution in [0.2, 0.25) is 0 Å². The van der Waals surface area contributed by atoms with Crippen molar-refractivity contribution in [3.63, 3.8) is 0 Å². The van der Waals surface area contributed by atoms with Gasteiger partial charge in [-0.3, -0.25) is 4.79 Å². The Labute approximate surface area is 144 Å². The number of amides is 1. The highest BCUT2D eigenvalue weighted by Crippen LogP contribution is 2.18. The first-order valence-electron chi connectivity index (χ1n) is 7.85. The molecule has 1 heterocycles. The summed E-state index contributed by atoms with van der Waals surface area (Å²) < 4.78 is 15.2. The number of rotatable bonds is 6. The van der Waals surface area contributed by atoms with E-state index in [1.807, 2.05) is 16.7 Å². The van der Waals surface area contributed by atoms with E-state index in [2.05, 4.69) is 4.98 Å². The van der Waals surface area contributed by atoms with Gasteiger partial charge in [-0.1, -0.05) is 24.3 Å². The van der Waals surface area contributed by atoms with Gasteiger partial charge in [0.25, 0.3) is 0 Å². The highest BCUT2D eigenvalue weighted by molar-refractivity contribution is 5.76. The summed E-state index contributed by atoms with van der Waals surface area (Å²) in [5, 5.41) is 9.60. The first kappa shape index (κ1) is 16.7. The third kappa shape index (κ3) is 4.23. The lowest BCUT2D eigenvalue weighted by Crippen LogP contribution is -2.18. The summed E-state index contributed by atoms with van der Waals surface area (Å²) in [4.78, 5) is 15.8. The standard InChI is InChI=1S/C19H18FN3O2/c20-15-5-1-3-13(7-15)9-17-18(10-19(21)25)23(12-22-17)11-14-4-2-6-16(24)8-14/h1-8,12,24H,9-11H2,(H2,21,25). The highest BCUT2D eigenvalue weighted by Gasteiger charge is 2.14. The molecule has 3 rings (SSSR count). The van der Waals surface area contributed by atoms with Gasteiger partial charge < -0.3 is 15.4 Å². The van der Waals surface area contributed by atoms with E-state index < -0.39 is 5.91 Å². The van der Waals surface area contributed by atoms with Crippen LogP contribution in [0.3, 0.4) is 0 Å². The van der Waals surface area contributed by atoms with Crippen molar-refractivity contribution in [2.45, 2.75) is 19.4 Å². The molecular weight excluding hydrogens is 321 g/mol. The predicted octanol–water partition coefficient (Wildman–Crippen LogP) is 2.39. The third-order valence-corrected chi connectivity index (χ3v) is 3.90. The Morgan fingerprint density at radius 3 is 2.64 bits per heavy atom. The van der Waals surface area contributed by atoms with Gasteiger partial charge >= 0.3 is 0 Å². The van der Waals surface area contributed by atoms with Crippen LogP contribution in [0.5, 0.6) is 5.75 Å². The second-order valence-corrected chi connectivity index (χ2v) is 5.89. The van der Waals surface area contributed by atoms with Crippen molar-refractivity contribution in [1.29, 1.82) is 0 Å². The number of hydrogen-bond donors (Lipinski definition) is 2. The van der Waals surface area contributed by atoms with E-state index in [-0.39, 0.29) is 18.0 Å². The second-order valence-electron chi connectivity index (χ2n) is 5.89. The minimum Gasteiger partial charge on any atom is -0.508 e. The van der Waals surface area contributed by atoms with Crippen LogP contribution in [0, 0.1) is 5.82 Å². The molecule has 0 aliphatic heterocycles. The quantitative estimate of drug-likeness (QED) is 0.723. The van der Waals surface area contributed by atoms with Gasteiger partial charge in [0.15, 0.2) is 0 Å². The molecule has 0 radical (unpaired) electrons. The summed E-state index contributed by atoms with van der Waals surface area (Å²) in [5.74, 6) is -0.597. The van der Waals surface area contributed by atoms with Gasteiger partial charge in [0, 0.05) is 13.0 Å². The number of imidazole rings is 1. The molecule has 0 fully saturated rings. The number of aromatic hydroxyl groups is 1. The molecule has 0 unspecified atom stereocenters. The van der Waals surface area contributed by atoms with Gasteiger partial charge in [0.05, 0.1) is 24.1 Å². The number of phenols is 1. The van der Waals surface area contributed by atoms with Crippen molar-refractivity contribution in [3.8, 4) is 5.75 Å². The normalized spacial score (nSPS) is 10.8. The number of carbonyl (C=O) groups is 1. The minimum atomic E-state index is -0.460. The fourth-order valence-electron chi connectivity index (χ4n) is 2.79. The summed E-state index contributed by atoms with van der Waals surface area (Å²) in [6.07, 6.45) is 2.09. The molecule has 0 atom stereocenters. The molecule has 0 saturated carbocycles. The first-order chi connectivity index (χ1) is 12.0. The zero-order chi connectivity index (χ0) is 17.8. The predicted molar refractivity (Wildman–Crippen MR) is 91.5 cm³/mol. The lowest BCUT2D eigenvalue weighted by molar-refractivity contribution is -0.117. The molecule has 2 aromatic carbocycles. The Morgan fingerprint density at radius 2 is 1.92 bits per heavy atom. The number of nitrogens with zero attached hydrogens (tertiary/aromatic N) is 2. The van der Waals surface area contributed by atoms with Crippen molar-refractivity contribution < 1.29 is 14.3 Å². The Bertz CT molecular complexity index is 840. The van der Waals surface area contributed by atoms with Crippen LogP contribution in [-0.2, 0) is 24.2 Å². The maximum atomic E-state index is 13.4. The molecule has 0 saturated heterocycles. The maximum Gasteiger partial charge on any atom is 0.223 e. The molecular formula is C19H18FN3O2. The lowest BCUT2D eigenvalue weighted by Gasteiger charge is -2.10. The SMILES string of the molecule is NC(=O)Cc1c(Cc2cccc(F)c2)ncn1Cc1cccc(O)c1. The number of aromatic nitrogens is 2. The number of nitrogens with two attached hydrogens (primary N) is 1. The lowest BCUT2D eigenvalue weighted by atomic mass is 10.1. The Hall–Kier alpha value is -3.15. The molecule has 6 heteroatoms. The van der Waals surface area contributed by atoms with Crippen molar-refractivity contribution in [1.82, 2.24) is 9.55 Å². The summed E-state index contributed by atoms with van der Waals surface area (Å²) in [7, 11) is 0. The van der Waals surface area contributed by atoms with Crippen LogP contribution < -0.4 is 5.73 Å². The minimum absolute atomic E-state index is 0.0451. The molecule has 1 aromatic heterocycles. The van der Waals surface area contributed by atoms with Crippen LogP contribution in [0.25, 0.3) is 0 Å². The van der Waals surface area contributed by atoms with Gasteiger partial charge in [0.1, 0.15) is 11.6 Å². The van der Waals surface area contributed by atoms with E-state index in [4.69, 9.17) is 5.73 Å². The number of halogens is 1. The van der Waals surface area contributed by atoms with E-state index in [0.29, 0.717) is 24.4 Å². The first-order valence-corrected chi connectivity index (χ1v) is 7.85. The van der Waals surface area contributed by atoms with Gasteiger partial charge in [-0.25, -0.2) is 9.37 Å². The Morgan fingerprint density at radius 1 is 1.16 bits per heavy atom. The topological polar surface area (TPSA) is 81.1 Å². The number of benzene rings is 2. The molecule has 25 heavy (non-hydrogen) atoms. The van der Waals surface area contributed by atoms with Crippen LogP contribution in [0.15, 0.2) is 54.9 Å². The van der Waals surface area contributed by atoms with Gasteiger partial charge in [0.2, 0.25) is 5.91 Å². The Kier molecular flexibility index (Phi) is 4.79. The van der Waals surface area contributed by atoms with Crippen LogP contribution in [0.1, 0.15) is 22.5 Å². The molecule has 0 aliphatic rings. The number of phenolic OH excluding ortho intramolecular Hbond substituents is 1. The van der Waals surface area contributed by atoms with E-state index in [0.717, 1.165) is 11.1 Å². The van der Waals surface area contributed by atoms with Crippen molar-refractivity contribution in [3.05, 3.63) is 83.2 Å². The second kappa shape index (κ2) is 7.17. The smallest absolute Gasteiger partial charge is 0.223 e. The summed E-state index contributed by atoms with van der Waals surface area (Å²) >= 11 is 0. The van der Waals surface area contributed by atoms with Gasteiger partial charge in [-0.05, 0) is 35.4 Å². The van der Waals surface area contributed by atoms with Crippen LogP contribution in [0.4, 0.5) is 4.39 Å². The van der Waals surface area contributed by atoms with Crippen molar-refractivity contribution >= 4 is 5.91 Å². The van der Waals surface area contributed by atoms with Crippen LogP contribution >= 0.6 is 0 Å².